The minimum atomic E-state index is -3.81. The zero-order valence-electron chi connectivity index (χ0n) is 11.9. The van der Waals surface area contributed by atoms with Crippen molar-refractivity contribution in [3.05, 3.63) is 41.6 Å². The smallest absolute Gasteiger partial charge is 0.257 e. The van der Waals surface area contributed by atoms with Gasteiger partial charge in [0, 0.05) is 12.6 Å². The monoisotopic (exact) mass is 310 g/mol. The van der Waals surface area contributed by atoms with Crippen molar-refractivity contribution in [3.63, 3.8) is 0 Å². The molecule has 2 aromatic rings. The second kappa shape index (κ2) is 6.25. The maximum Gasteiger partial charge on any atom is 0.257 e. The number of methoxy groups -OCH3 is 1. The molecule has 114 valence electrons. The number of ether oxygens (including phenoxy) is 1. The van der Waals surface area contributed by atoms with Crippen LogP contribution in [0.15, 0.2) is 35.4 Å². The summed E-state index contributed by atoms with van der Waals surface area (Å²) in [4.78, 5) is 0. The molecular weight excluding hydrogens is 292 g/mol. The normalized spacial score (nSPS) is 11.6. The van der Waals surface area contributed by atoms with E-state index in [0.717, 1.165) is 17.0 Å². The number of nitrogens with two attached hydrogens (primary N) is 1. The maximum absolute atomic E-state index is 11.4. The Morgan fingerprint density at radius 3 is 2.52 bits per heavy atom. The molecule has 0 aliphatic rings. The van der Waals surface area contributed by atoms with Crippen LogP contribution in [0.2, 0.25) is 0 Å². The average Bonchev–Trinajstić information content (AvgIpc) is 2.83. The number of hydrogen-bond donors (Lipinski definition) is 2. The standard InChI is InChI=1S/C13H18N4O3S/c1-15-8-11-7-13(21(14,18)19)16-17(11)9-10-3-5-12(20-2)6-4-10/h3-7,15H,8-9H2,1-2H3,(H2,14,18,19). The van der Waals surface area contributed by atoms with Gasteiger partial charge >= 0.3 is 0 Å². The van der Waals surface area contributed by atoms with Crippen molar-refractivity contribution in [1.29, 1.82) is 0 Å². The van der Waals surface area contributed by atoms with E-state index in [1.807, 2.05) is 24.3 Å². The molecule has 0 aliphatic heterocycles. The molecule has 0 radical (unpaired) electrons. The van der Waals surface area contributed by atoms with Crippen molar-refractivity contribution in [3.8, 4) is 5.75 Å². The van der Waals surface area contributed by atoms with E-state index in [4.69, 9.17) is 9.88 Å². The summed E-state index contributed by atoms with van der Waals surface area (Å²) in [5.74, 6) is 0.764. The fraction of sp³-hybridized carbons (Fsp3) is 0.308. The minimum absolute atomic E-state index is 0.124. The summed E-state index contributed by atoms with van der Waals surface area (Å²) >= 11 is 0. The highest BCUT2D eigenvalue weighted by Gasteiger charge is 2.16. The van der Waals surface area contributed by atoms with Crippen LogP contribution in [0.5, 0.6) is 5.75 Å². The number of sulfonamides is 1. The molecule has 1 aromatic carbocycles. The van der Waals surface area contributed by atoms with Gasteiger partial charge in [0.1, 0.15) is 5.75 Å². The SMILES string of the molecule is CNCc1cc(S(N)(=O)=O)nn1Cc1ccc(OC)cc1. The number of hydrogen-bond acceptors (Lipinski definition) is 5. The van der Waals surface area contributed by atoms with Crippen molar-refractivity contribution < 1.29 is 13.2 Å². The van der Waals surface area contributed by atoms with E-state index >= 15 is 0 Å². The lowest BCUT2D eigenvalue weighted by atomic mass is 10.2. The number of benzene rings is 1. The minimum Gasteiger partial charge on any atom is -0.497 e. The first-order valence-corrected chi connectivity index (χ1v) is 7.85. The quantitative estimate of drug-likeness (QED) is 0.800. The summed E-state index contributed by atoms with van der Waals surface area (Å²) in [6.07, 6.45) is 0. The van der Waals surface area contributed by atoms with Gasteiger partial charge in [-0.25, -0.2) is 13.6 Å². The summed E-state index contributed by atoms with van der Waals surface area (Å²) in [5.41, 5.74) is 1.73. The molecule has 0 saturated carbocycles. The highest BCUT2D eigenvalue weighted by Crippen LogP contribution is 2.15. The van der Waals surface area contributed by atoms with Crippen LogP contribution >= 0.6 is 0 Å². The van der Waals surface area contributed by atoms with Gasteiger partial charge in [0.05, 0.1) is 19.3 Å². The number of aromatic nitrogens is 2. The molecular formula is C13H18N4O3S. The Kier molecular flexibility index (Phi) is 4.61. The maximum atomic E-state index is 11.4. The van der Waals surface area contributed by atoms with E-state index in [9.17, 15) is 8.42 Å². The van der Waals surface area contributed by atoms with Crippen LogP contribution in [0.3, 0.4) is 0 Å². The first-order valence-electron chi connectivity index (χ1n) is 6.31. The Hall–Kier alpha value is -1.90. The molecule has 1 aromatic heterocycles. The van der Waals surface area contributed by atoms with Crippen molar-refractivity contribution >= 4 is 10.0 Å². The Morgan fingerprint density at radius 2 is 2.00 bits per heavy atom. The molecule has 21 heavy (non-hydrogen) atoms. The molecule has 0 atom stereocenters. The van der Waals surface area contributed by atoms with Crippen LogP contribution < -0.4 is 15.2 Å². The molecule has 3 N–H and O–H groups in total. The highest BCUT2D eigenvalue weighted by atomic mass is 32.2. The van der Waals surface area contributed by atoms with Gasteiger partial charge in [-0.05, 0) is 24.7 Å². The zero-order chi connectivity index (χ0) is 15.5. The summed E-state index contributed by atoms with van der Waals surface area (Å²) in [6, 6.07) is 8.98. The fourth-order valence-corrected chi connectivity index (χ4v) is 2.45. The van der Waals surface area contributed by atoms with Crippen molar-refractivity contribution in [1.82, 2.24) is 15.1 Å². The topological polar surface area (TPSA) is 99.2 Å². The molecule has 0 unspecified atom stereocenters. The summed E-state index contributed by atoms with van der Waals surface area (Å²) in [6.45, 7) is 0.954. The predicted molar refractivity (Wildman–Crippen MR) is 78.5 cm³/mol. The number of nitrogens with one attached hydrogen (secondary N) is 1. The third-order valence-corrected chi connectivity index (χ3v) is 3.76. The zero-order valence-corrected chi connectivity index (χ0v) is 12.7. The largest absolute Gasteiger partial charge is 0.497 e. The number of primary sulfonamides is 1. The van der Waals surface area contributed by atoms with Crippen LogP contribution in [-0.2, 0) is 23.1 Å². The third kappa shape index (κ3) is 3.81. The molecule has 8 heteroatoms. The Morgan fingerprint density at radius 1 is 1.33 bits per heavy atom. The molecule has 7 nitrogen and oxygen atoms in total. The van der Waals surface area contributed by atoms with Gasteiger partial charge in [-0.1, -0.05) is 12.1 Å². The summed E-state index contributed by atoms with van der Waals surface area (Å²) in [7, 11) is -0.423. The first-order chi connectivity index (χ1) is 9.94. The molecule has 0 saturated heterocycles. The molecule has 0 bridgehead atoms. The van der Waals surface area contributed by atoms with Crippen molar-refractivity contribution in [2.45, 2.75) is 18.1 Å². The van der Waals surface area contributed by atoms with Gasteiger partial charge in [-0.3, -0.25) is 4.68 Å². The van der Waals surface area contributed by atoms with E-state index < -0.39 is 10.0 Å². The van der Waals surface area contributed by atoms with Crippen molar-refractivity contribution in [2.24, 2.45) is 5.14 Å². The van der Waals surface area contributed by atoms with Crippen LogP contribution in [0.4, 0.5) is 0 Å². The Labute approximate surface area is 123 Å². The lowest BCUT2D eigenvalue weighted by molar-refractivity contribution is 0.414. The van der Waals surface area contributed by atoms with E-state index in [-0.39, 0.29) is 5.03 Å². The molecule has 2 rings (SSSR count). The second-order valence-electron chi connectivity index (χ2n) is 4.55. The lowest BCUT2D eigenvalue weighted by Gasteiger charge is -2.08. The third-order valence-electron chi connectivity index (χ3n) is 2.98. The Balaban J connectivity index is 2.30. The van der Waals surface area contributed by atoms with Crippen LogP contribution in [0, 0.1) is 0 Å². The summed E-state index contributed by atoms with van der Waals surface area (Å²) in [5, 5.41) is 12.0. The van der Waals surface area contributed by atoms with E-state index in [2.05, 4.69) is 10.4 Å². The molecule has 0 aliphatic carbocycles. The van der Waals surface area contributed by atoms with E-state index in [0.29, 0.717) is 13.1 Å². The van der Waals surface area contributed by atoms with Crippen LogP contribution in [0.1, 0.15) is 11.3 Å². The van der Waals surface area contributed by atoms with Gasteiger partial charge in [0.15, 0.2) is 5.03 Å². The number of rotatable bonds is 6. The molecule has 0 spiro atoms. The van der Waals surface area contributed by atoms with E-state index in [1.165, 1.54) is 6.07 Å². The molecule has 0 fully saturated rings. The molecule has 0 amide bonds. The summed E-state index contributed by atoms with van der Waals surface area (Å²) < 4.78 is 29.5. The van der Waals surface area contributed by atoms with Crippen LogP contribution in [-0.4, -0.2) is 32.4 Å². The van der Waals surface area contributed by atoms with Gasteiger partial charge in [-0.2, -0.15) is 5.10 Å². The van der Waals surface area contributed by atoms with Gasteiger partial charge < -0.3 is 10.1 Å². The molecule has 1 heterocycles. The first kappa shape index (κ1) is 15.5. The van der Waals surface area contributed by atoms with Gasteiger partial charge in [0.2, 0.25) is 0 Å². The van der Waals surface area contributed by atoms with E-state index in [1.54, 1.807) is 18.8 Å². The Bertz CT molecular complexity index is 708. The van der Waals surface area contributed by atoms with Gasteiger partial charge in [0.25, 0.3) is 10.0 Å². The van der Waals surface area contributed by atoms with Gasteiger partial charge in [-0.15, -0.1) is 0 Å². The lowest BCUT2D eigenvalue weighted by Crippen LogP contribution is -2.14. The fourth-order valence-electron chi connectivity index (χ4n) is 1.93. The average molecular weight is 310 g/mol. The second-order valence-corrected chi connectivity index (χ2v) is 6.06. The van der Waals surface area contributed by atoms with Crippen LogP contribution in [0.25, 0.3) is 0 Å². The predicted octanol–water partition coefficient (Wildman–Crippen LogP) is 0.307. The van der Waals surface area contributed by atoms with Crippen molar-refractivity contribution in [2.75, 3.05) is 14.2 Å². The highest BCUT2D eigenvalue weighted by molar-refractivity contribution is 7.89. The number of nitrogens with zero attached hydrogens (tertiary/aromatic N) is 2.